The van der Waals surface area contributed by atoms with Crippen molar-refractivity contribution >= 4 is 44.9 Å². The van der Waals surface area contributed by atoms with Crippen molar-refractivity contribution < 1.29 is 0 Å². The van der Waals surface area contributed by atoms with Crippen molar-refractivity contribution in [2.24, 2.45) is 0 Å². The lowest BCUT2D eigenvalue weighted by Gasteiger charge is -2.15. The molecule has 422 valence electrons. The maximum atomic E-state index is 6.43. The molecule has 4 heteroatoms. The van der Waals surface area contributed by atoms with E-state index in [2.05, 4.69) is 350 Å². The number of benzene rings is 11. The molecule has 2 aliphatic heterocycles. The van der Waals surface area contributed by atoms with E-state index in [9.17, 15) is 0 Å². The standard InChI is InChI=1S/C86H58N4/c1-12-34-57(35-13-1)68-56-69-70(58-36-14-2-15-37-58)81-71(59-38-16-3-17-39-59)72(60-40-18-4-19-41-60)83(88-81)78(66-52-30-10-31-53-66)85-75(63-46-24-7-25-47-63)76(64-48-26-8-27-49-64)86(90-85)79(67-54-32-11-33-55-67)84-74(62-44-22-6-23-45-62)73(61-42-20-5-21-43-61)82(89-84)77(80(68)87-69)65-50-28-9-29-51-65/h1-56,88-89H. The Morgan fingerprint density at radius 2 is 0.389 bits per heavy atom. The lowest BCUT2D eigenvalue weighted by Crippen LogP contribution is -1.95. The van der Waals surface area contributed by atoms with Gasteiger partial charge in [0, 0.05) is 61.2 Å². The van der Waals surface area contributed by atoms with Gasteiger partial charge in [-0.05, 0) is 67.3 Å². The third kappa shape index (κ3) is 9.52. The van der Waals surface area contributed by atoms with Gasteiger partial charge in [0.15, 0.2) is 0 Å². The average molecular weight is 1150 g/mol. The minimum Gasteiger partial charge on any atom is -0.353 e. The Hall–Kier alpha value is -12.0. The second-order valence-corrected chi connectivity index (χ2v) is 22.7. The molecule has 2 aliphatic rings. The molecule has 0 spiro atoms. The first-order chi connectivity index (χ1) is 44.7. The van der Waals surface area contributed by atoms with E-state index in [1.54, 1.807) is 0 Å². The molecule has 0 amide bonds. The second-order valence-electron chi connectivity index (χ2n) is 22.7. The molecular weight excluding hydrogens is 1090 g/mol. The Labute approximate surface area is 523 Å². The SMILES string of the molecule is C1=C(c2ccccc2)c2nc1c(-c1ccccc1)c1[nH]c(c(-c3ccccc3)c3nc(c(-c4ccccc4)c4[nH]c(c2-c2ccccc2)c(-c2ccccc2)c4-c2ccccc2)C(c2ccccc2)=C3c2ccccc2)c(-c2ccccc2)c1-c1ccccc1. The van der Waals surface area contributed by atoms with Crippen LogP contribution in [-0.4, -0.2) is 19.9 Å². The van der Waals surface area contributed by atoms with Gasteiger partial charge in [-0.1, -0.05) is 334 Å². The normalized spacial score (nSPS) is 12.0. The summed E-state index contributed by atoms with van der Waals surface area (Å²) in [4.78, 5) is 21.4. The number of rotatable bonds is 11. The van der Waals surface area contributed by atoms with Gasteiger partial charge in [0.2, 0.25) is 0 Å². The number of hydrogen-bond donors (Lipinski definition) is 2. The number of aromatic nitrogens is 4. The van der Waals surface area contributed by atoms with Crippen LogP contribution in [0.2, 0.25) is 0 Å². The van der Waals surface area contributed by atoms with Gasteiger partial charge >= 0.3 is 0 Å². The number of H-pyrrole nitrogens is 2. The highest BCUT2D eigenvalue weighted by atomic mass is 14.8. The molecule has 0 radical (unpaired) electrons. The molecule has 14 aromatic rings. The minimum absolute atomic E-state index is 0.819. The summed E-state index contributed by atoms with van der Waals surface area (Å²) in [5.74, 6) is 0. The largest absolute Gasteiger partial charge is 0.353 e. The smallest absolute Gasteiger partial charge is 0.0822 e. The highest BCUT2D eigenvalue weighted by Crippen LogP contribution is 2.54. The molecule has 0 unspecified atom stereocenters. The van der Waals surface area contributed by atoms with Gasteiger partial charge in [-0.2, -0.15) is 0 Å². The van der Waals surface area contributed by atoms with Crippen LogP contribution in [0.1, 0.15) is 39.5 Å². The lowest BCUT2D eigenvalue weighted by atomic mass is 9.86. The molecule has 8 bridgehead atoms. The van der Waals surface area contributed by atoms with Crippen LogP contribution in [0.5, 0.6) is 0 Å². The first-order valence-electron chi connectivity index (χ1n) is 30.7. The Morgan fingerprint density at radius 1 is 0.178 bits per heavy atom. The van der Waals surface area contributed by atoms with E-state index in [1.165, 1.54) is 0 Å². The number of nitrogens with one attached hydrogen (secondary N) is 2. The molecule has 4 nitrogen and oxygen atoms in total. The van der Waals surface area contributed by atoms with Crippen LogP contribution in [0.25, 0.3) is 134 Å². The monoisotopic (exact) mass is 1150 g/mol. The molecule has 0 saturated heterocycles. The molecule has 11 aromatic carbocycles. The fourth-order valence-corrected chi connectivity index (χ4v) is 13.5. The van der Waals surface area contributed by atoms with Crippen molar-refractivity contribution in [2.75, 3.05) is 0 Å². The Bertz CT molecular complexity index is 5180. The van der Waals surface area contributed by atoms with Crippen molar-refractivity contribution in [3.8, 4) is 89.0 Å². The van der Waals surface area contributed by atoms with Crippen molar-refractivity contribution in [3.63, 3.8) is 0 Å². The van der Waals surface area contributed by atoms with E-state index in [1.807, 2.05) is 0 Å². The van der Waals surface area contributed by atoms with Gasteiger partial charge in [0.05, 0.1) is 44.8 Å². The molecule has 90 heavy (non-hydrogen) atoms. The van der Waals surface area contributed by atoms with Crippen LogP contribution in [0.15, 0.2) is 334 Å². The predicted octanol–water partition coefficient (Wildman–Crippen LogP) is 22.2. The number of nitrogens with zero attached hydrogens (tertiary/aromatic N) is 2. The zero-order valence-electron chi connectivity index (χ0n) is 49.2. The predicted molar refractivity (Wildman–Crippen MR) is 376 cm³/mol. The van der Waals surface area contributed by atoms with Crippen LogP contribution in [-0.2, 0) is 0 Å². The third-order valence-corrected chi connectivity index (χ3v) is 17.4. The summed E-state index contributed by atoms with van der Waals surface area (Å²) in [5.41, 5.74) is 29.4. The van der Waals surface area contributed by atoms with Crippen molar-refractivity contribution in [1.82, 2.24) is 19.9 Å². The highest BCUT2D eigenvalue weighted by molar-refractivity contribution is 6.20. The van der Waals surface area contributed by atoms with E-state index in [0.29, 0.717) is 0 Å². The lowest BCUT2D eigenvalue weighted by molar-refractivity contribution is 1.29. The maximum Gasteiger partial charge on any atom is 0.0822 e. The van der Waals surface area contributed by atoms with E-state index in [-0.39, 0.29) is 0 Å². The summed E-state index contributed by atoms with van der Waals surface area (Å²) < 4.78 is 0. The van der Waals surface area contributed by atoms with Crippen LogP contribution in [0, 0.1) is 0 Å². The quantitative estimate of drug-likeness (QED) is 0.136. The molecule has 5 heterocycles. The molecule has 0 aliphatic carbocycles. The Kier molecular flexibility index (Phi) is 13.9. The van der Waals surface area contributed by atoms with E-state index >= 15 is 0 Å². The molecule has 2 N–H and O–H groups in total. The van der Waals surface area contributed by atoms with Crippen LogP contribution >= 0.6 is 0 Å². The summed E-state index contributed by atoms with van der Waals surface area (Å²) in [7, 11) is 0. The molecule has 0 fully saturated rings. The summed E-state index contributed by atoms with van der Waals surface area (Å²) in [6, 6.07) is 120. The van der Waals surface area contributed by atoms with Gasteiger partial charge in [-0.25, -0.2) is 9.97 Å². The third-order valence-electron chi connectivity index (χ3n) is 17.4. The number of aromatic amines is 2. The molecule has 0 atom stereocenters. The van der Waals surface area contributed by atoms with Gasteiger partial charge in [0.25, 0.3) is 0 Å². The maximum absolute atomic E-state index is 6.43. The van der Waals surface area contributed by atoms with E-state index in [4.69, 9.17) is 9.97 Å². The highest BCUT2D eigenvalue weighted by Gasteiger charge is 2.34. The van der Waals surface area contributed by atoms with Crippen molar-refractivity contribution in [1.29, 1.82) is 0 Å². The summed E-state index contributed by atoms with van der Waals surface area (Å²) in [6.45, 7) is 0. The summed E-state index contributed by atoms with van der Waals surface area (Å²) >= 11 is 0. The van der Waals surface area contributed by atoms with Gasteiger partial charge in [-0.3, -0.25) is 0 Å². The molecular formula is C86H58N4. The van der Waals surface area contributed by atoms with Crippen LogP contribution in [0.4, 0.5) is 0 Å². The van der Waals surface area contributed by atoms with E-state index < -0.39 is 0 Å². The Balaban J connectivity index is 1.30. The average Bonchev–Trinajstić information content (AvgIpc) is 1.61. The first-order valence-corrected chi connectivity index (χ1v) is 30.7. The number of hydrogen-bond acceptors (Lipinski definition) is 2. The number of fused-ring (bicyclic) bond motifs is 8. The van der Waals surface area contributed by atoms with Gasteiger partial charge < -0.3 is 9.97 Å². The van der Waals surface area contributed by atoms with E-state index in [0.717, 1.165) is 167 Å². The van der Waals surface area contributed by atoms with Crippen molar-refractivity contribution in [2.45, 2.75) is 0 Å². The van der Waals surface area contributed by atoms with Crippen LogP contribution < -0.4 is 0 Å². The zero-order chi connectivity index (χ0) is 59.7. The summed E-state index contributed by atoms with van der Waals surface area (Å²) in [5, 5.41) is 0. The zero-order valence-corrected chi connectivity index (χ0v) is 49.2. The van der Waals surface area contributed by atoms with Crippen LogP contribution in [0.3, 0.4) is 0 Å². The first kappa shape index (κ1) is 53.5. The van der Waals surface area contributed by atoms with Crippen molar-refractivity contribution in [3.05, 3.63) is 373 Å². The second kappa shape index (κ2) is 23.4. The summed E-state index contributed by atoms with van der Waals surface area (Å²) in [6.07, 6.45) is 2.34. The molecule has 0 saturated carbocycles. The molecule has 16 rings (SSSR count). The van der Waals surface area contributed by atoms with Gasteiger partial charge in [-0.15, -0.1) is 0 Å². The topological polar surface area (TPSA) is 57.4 Å². The Morgan fingerprint density at radius 3 is 0.667 bits per heavy atom. The van der Waals surface area contributed by atoms with Gasteiger partial charge in [0.1, 0.15) is 0 Å². The molecule has 3 aromatic heterocycles. The minimum atomic E-state index is 0.819. The fraction of sp³-hybridized carbons (Fsp3) is 0. The fourth-order valence-electron chi connectivity index (χ4n) is 13.5.